The first-order chi connectivity index (χ1) is 5.77. The second kappa shape index (κ2) is 3.82. The molecule has 0 N–H and O–H groups in total. The third kappa shape index (κ3) is 1.79. The quantitative estimate of drug-likeness (QED) is 0.668. The number of halogens is 1. The van der Waals surface area contributed by atoms with Crippen molar-refractivity contribution in [1.29, 1.82) is 5.26 Å². The van der Waals surface area contributed by atoms with Crippen LogP contribution in [-0.4, -0.2) is 4.98 Å². The molecule has 0 bridgehead atoms. The summed E-state index contributed by atoms with van der Waals surface area (Å²) in [6, 6.07) is 3.29. The Morgan fingerprint density at radius 1 is 1.67 bits per heavy atom. The maximum absolute atomic E-state index is 13.0. The normalized spacial score (nSPS) is 9.42. The Balaban J connectivity index is 2.97. The van der Waals surface area contributed by atoms with Gasteiger partial charge in [-0.25, -0.2) is 4.39 Å². The number of hydrogen-bond donors (Lipinski definition) is 0. The van der Waals surface area contributed by atoms with Gasteiger partial charge in [0.15, 0.2) is 0 Å². The fraction of sp³-hybridized carbons (Fsp3) is 0.333. The fourth-order valence-electron chi connectivity index (χ4n) is 0.904. The van der Waals surface area contributed by atoms with Gasteiger partial charge in [-0.15, -0.1) is 0 Å². The second-order valence-electron chi connectivity index (χ2n) is 2.46. The minimum atomic E-state index is -0.379. The Kier molecular flexibility index (Phi) is 2.76. The van der Waals surface area contributed by atoms with Crippen LogP contribution >= 0.6 is 0 Å². The number of rotatable bonds is 2. The maximum atomic E-state index is 13.0. The van der Waals surface area contributed by atoms with Gasteiger partial charge in [-0.3, -0.25) is 4.98 Å². The van der Waals surface area contributed by atoms with Gasteiger partial charge in [0.25, 0.3) is 0 Å². The molecule has 0 aliphatic heterocycles. The lowest BCUT2D eigenvalue weighted by atomic mass is 10.2. The van der Waals surface area contributed by atoms with Crippen molar-refractivity contribution < 1.29 is 4.39 Å². The summed E-state index contributed by atoms with van der Waals surface area (Å²) in [5.41, 5.74) is 1.09. The molecule has 0 saturated heterocycles. The van der Waals surface area contributed by atoms with E-state index in [4.69, 9.17) is 5.26 Å². The van der Waals surface area contributed by atoms with Crippen LogP contribution in [-0.2, 0) is 12.8 Å². The molecular formula is C9H9FN2. The molecule has 0 unspecified atom stereocenters. The van der Waals surface area contributed by atoms with Crippen LogP contribution in [0.5, 0.6) is 0 Å². The summed E-state index contributed by atoms with van der Waals surface area (Å²) in [5, 5.41) is 8.31. The van der Waals surface area contributed by atoms with E-state index in [-0.39, 0.29) is 17.9 Å². The van der Waals surface area contributed by atoms with E-state index in [1.165, 1.54) is 6.07 Å². The molecule has 0 radical (unpaired) electrons. The number of pyridine rings is 1. The zero-order valence-electron chi connectivity index (χ0n) is 6.84. The maximum Gasteiger partial charge on any atom is 0.146 e. The van der Waals surface area contributed by atoms with E-state index >= 15 is 0 Å². The molecule has 0 amide bonds. The molecule has 0 aromatic carbocycles. The highest BCUT2D eigenvalue weighted by atomic mass is 19.1. The highest BCUT2D eigenvalue weighted by Crippen LogP contribution is 2.07. The second-order valence-corrected chi connectivity index (χ2v) is 2.46. The summed E-state index contributed by atoms with van der Waals surface area (Å²) in [6.45, 7) is 1.93. The van der Waals surface area contributed by atoms with Gasteiger partial charge in [-0.2, -0.15) is 5.26 Å². The highest BCUT2D eigenvalue weighted by molar-refractivity contribution is 5.18. The van der Waals surface area contributed by atoms with Crippen molar-refractivity contribution in [3.63, 3.8) is 0 Å². The largest absolute Gasteiger partial charge is 0.257 e. The Labute approximate surface area is 70.7 Å². The van der Waals surface area contributed by atoms with Gasteiger partial charge in [0.2, 0.25) is 0 Å². The van der Waals surface area contributed by atoms with E-state index in [0.29, 0.717) is 0 Å². The molecule has 1 aromatic heterocycles. The molecule has 1 heterocycles. The van der Waals surface area contributed by atoms with Crippen LogP contribution in [0.3, 0.4) is 0 Å². The highest BCUT2D eigenvalue weighted by Gasteiger charge is 2.02. The Morgan fingerprint density at radius 3 is 2.92 bits per heavy atom. The molecule has 0 aliphatic carbocycles. The van der Waals surface area contributed by atoms with Gasteiger partial charge in [-0.1, -0.05) is 6.92 Å². The Morgan fingerprint density at radius 2 is 2.42 bits per heavy atom. The lowest BCUT2D eigenvalue weighted by Gasteiger charge is -1.99. The molecule has 0 saturated carbocycles. The van der Waals surface area contributed by atoms with Crippen molar-refractivity contribution >= 4 is 0 Å². The van der Waals surface area contributed by atoms with Crippen molar-refractivity contribution in [3.05, 3.63) is 29.3 Å². The SMILES string of the molecule is CCc1cnc(CC#N)c(F)c1. The third-order valence-electron chi connectivity index (χ3n) is 1.63. The van der Waals surface area contributed by atoms with Crippen molar-refractivity contribution in [2.24, 2.45) is 0 Å². The van der Waals surface area contributed by atoms with Gasteiger partial charge < -0.3 is 0 Å². The summed E-state index contributed by atoms with van der Waals surface area (Å²) in [4.78, 5) is 3.84. The zero-order chi connectivity index (χ0) is 8.97. The van der Waals surface area contributed by atoms with Gasteiger partial charge >= 0.3 is 0 Å². The zero-order valence-corrected chi connectivity index (χ0v) is 6.84. The standard InChI is InChI=1S/C9H9FN2/c1-2-7-5-8(10)9(3-4-11)12-6-7/h5-6H,2-3H2,1H3. The van der Waals surface area contributed by atoms with E-state index in [9.17, 15) is 4.39 Å². The summed E-state index contributed by atoms with van der Waals surface area (Å²) in [5.74, 6) is -0.379. The van der Waals surface area contributed by atoms with E-state index in [2.05, 4.69) is 4.98 Å². The molecule has 2 nitrogen and oxygen atoms in total. The monoisotopic (exact) mass is 164 g/mol. The first-order valence-electron chi connectivity index (χ1n) is 3.78. The molecule has 12 heavy (non-hydrogen) atoms. The number of aromatic nitrogens is 1. The van der Waals surface area contributed by atoms with Crippen LogP contribution in [0.25, 0.3) is 0 Å². The van der Waals surface area contributed by atoms with Gasteiger partial charge in [0, 0.05) is 6.20 Å². The van der Waals surface area contributed by atoms with Crippen LogP contribution in [0.2, 0.25) is 0 Å². The Bertz CT molecular complexity index is 315. The molecule has 62 valence electrons. The van der Waals surface area contributed by atoms with Crippen molar-refractivity contribution in [1.82, 2.24) is 4.98 Å². The van der Waals surface area contributed by atoms with Crippen LogP contribution in [0.1, 0.15) is 18.2 Å². The van der Waals surface area contributed by atoms with Crippen LogP contribution < -0.4 is 0 Å². The molecular weight excluding hydrogens is 155 g/mol. The van der Waals surface area contributed by atoms with E-state index < -0.39 is 0 Å². The van der Waals surface area contributed by atoms with Crippen LogP contribution in [0.15, 0.2) is 12.3 Å². The molecule has 3 heteroatoms. The summed E-state index contributed by atoms with van der Waals surface area (Å²) < 4.78 is 13.0. The number of nitrogens with zero attached hydrogens (tertiary/aromatic N) is 2. The summed E-state index contributed by atoms with van der Waals surface area (Å²) in [7, 11) is 0. The fourth-order valence-corrected chi connectivity index (χ4v) is 0.904. The van der Waals surface area contributed by atoms with Crippen molar-refractivity contribution in [2.45, 2.75) is 19.8 Å². The Hall–Kier alpha value is -1.43. The lowest BCUT2D eigenvalue weighted by molar-refractivity contribution is 0.603. The average Bonchev–Trinajstić information content (AvgIpc) is 2.09. The van der Waals surface area contributed by atoms with E-state index in [0.717, 1.165) is 12.0 Å². The molecule has 0 fully saturated rings. The minimum absolute atomic E-state index is 0.0375. The summed E-state index contributed by atoms with van der Waals surface area (Å²) >= 11 is 0. The third-order valence-corrected chi connectivity index (χ3v) is 1.63. The van der Waals surface area contributed by atoms with Crippen LogP contribution in [0.4, 0.5) is 4.39 Å². The summed E-state index contributed by atoms with van der Waals surface area (Å²) in [6.07, 6.45) is 2.41. The van der Waals surface area contributed by atoms with Crippen LogP contribution in [0, 0.1) is 17.1 Å². The number of hydrogen-bond acceptors (Lipinski definition) is 2. The predicted octanol–water partition coefficient (Wildman–Crippen LogP) is 1.85. The predicted molar refractivity (Wildman–Crippen MR) is 42.9 cm³/mol. The lowest BCUT2D eigenvalue weighted by Crippen LogP contribution is -1.95. The van der Waals surface area contributed by atoms with Crippen molar-refractivity contribution in [2.75, 3.05) is 0 Å². The van der Waals surface area contributed by atoms with Gasteiger partial charge in [-0.05, 0) is 18.1 Å². The molecule has 0 aliphatic rings. The van der Waals surface area contributed by atoms with Crippen molar-refractivity contribution in [3.8, 4) is 6.07 Å². The first kappa shape index (κ1) is 8.66. The number of aryl methyl sites for hydroxylation is 1. The first-order valence-corrected chi connectivity index (χ1v) is 3.78. The molecule has 1 aromatic rings. The van der Waals surface area contributed by atoms with Gasteiger partial charge in [0.05, 0.1) is 18.2 Å². The molecule has 0 spiro atoms. The molecule has 0 atom stereocenters. The average molecular weight is 164 g/mol. The molecule has 1 rings (SSSR count). The minimum Gasteiger partial charge on any atom is -0.257 e. The van der Waals surface area contributed by atoms with E-state index in [1.54, 1.807) is 6.20 Å². The topological polar surface area (TPSA) is 36.7 Å². The smallest absolute Gasteiger partial charge is 0.146 e. The van der Waals surface area contributed by atoms with Gasteiger partial charge in [0.1, 0.15) is 5.82 Å². The van der Waals surface area contributed by atoms with E-state index in [1.807, 2.05) is 13.0 Å². The number of nitriles is 1.